The first-order valence-electron chi connectivity index (χ1n) is 12.7. The lowest BCUT2D eigenvalue weighted by Gasteiger charge is -2.63. The molecule has 0 unspecified atom stereocenters. The number of nitrogens with one attached hydrogen (secondary N) is 1. The molecule has 6 fully saturated rings. The Balaban J connectivity index is 0.919. The van der Waals surface area contributed by atoms with E-state index in [1.165, 1.54) is 83.1 Å². The van der Waals surface area contributed by atoms with Crippen LogP contribution in [0, 0.1) is 34.4 Å². The van der Waals surface area contributed by atoms with Gasteiger partial charge in [-0.15, -0.1) is 10.2 Å². The van der Waals surface area contributed by atoms with Gasteiger partial charge < -0.3 is 10.2 Å². The zero-order chi connectivity index (χ0) is 22.2. The van der Waals surface area contributed by atoms with E-state index in [4.69, 9.17) is 11.6 Å². The van der Waals surface area contributed by atoms with Crippen LogP contribution in [-0.4, -0.2) is 40.8 Å². The summed E-state index contributed by atoms with van der Waals surface area (Å²) in [7, 11) is 0. The standard InChI is InChI=1S/C27H32ClFN4/c28-23-2-1-20(29)8-22(23)24-3-4-25(32-31-24)30-21-12-27(13-21)15-33(16-27)14-26-9-17-5-18(10-26)7-19(6-17)11-26/h1-4,8,17-19,21H,5-7,9-16H2,(H,30,32). The third-order valence-electron chi connectivity index (χ3n) is 9.42. The largest absolute Gasteiger partial charge is 0.366 e. The summed E-state index contributed by atoms with van der Waals surface area (Å²) in [6.07, 6.45) is 11.6. The Labute approximate surface area is 200 Å². The molecule has 1 saturated heterocycles. The Hall–Kier alpha value is -1.72. The normalized spacial score (nSPS) is 34.3. The maximum absolute atomic E-state index is 13.6. The number of hydrogen-bond acceptors (Lipinski definition) is 4. The molecule has 8 rings (SSSR count). The maximum Gasteiger partial charge on any atom is 0.148 e. The summed E-state index contributed by atoms with van der Waals surface area (Å²) in [5.41, 5.74) is 2.36. The van der Waals surface area contributed by atoms with Crippen molar-refractivity contribution < 1.29 is 4.39 Å². The summed E-state index contributed by atoms with van der Waals surface area (Å²) >= 11 is 6.20. The number of benzene rings is 1. The van der Waals surface area contributed by atoms with E-state index in [0.717, 1.165) is 23.6 Å². The van der Waals surface area contributed by atoms with Crippen molar-refractivity contribution in [2.24, 2.45) is 28.6 Å². The van der Waals surface area contributed by atoms with Crippen LogP contribution in [0.25, 0.3) is 11.3 Å². The zero-order valence-corrected chi connectivity index (χ0v) is 19.8. The van der Waals surface area contributed by atoms with Crippen molar-refractivity contribution in [3.8, 4) is 11.3 Å². The van der Waals surface area contributed by atoms with E-state index in [-0.39, 0.29) is 5.82 Å². The lowest BCUT2D eigenvalue weighted by Crippen LogP contribution is -2.67. The average molecular weight is 467 g/mol. The highest BCUT2D eigenvalue weighted by molar-refractivity contribution is 6.33. The molecule has 4 nitrogen and oxygen atoms in total. The van der Waals surface area contributed by atoms with Crippen LogP contribution < -0.4 is 5.32 Å². The van der Waals surface area contributed by atoms with Crippen molar-refractivity contribution in [2.75, 3.05) is 25.0 Å². The van der Waals surface area contributed by atoms with Crippen LogP contribution in [0.5, 0.6) is 0 Å². The van der Waals surface area contributed by atoms with E-state index < -0.39 is 0 Å². The Morgan fingerprint density at radius 2 is 1.64 bits per heavy atom. The summed E-state index contributed by atoms with van der Waals surface area (Å²) < 4.78 is 13.6. The summed E-state index contributed by atoms with van der Waals surface area (Å²) in [6, 6.07) is 8.58. The Morgan fingerprint density at radius 3 is 2.27 bits per heavy atom. The number of rotatable bonds is 5. The van der Waals surface area contributed by atoms with Crippen LogP contribution >= 0.6 is 11.6 Å². The van der Waals surface area contributed by atoms with Gasteiger partial charge in [0.15, 0.2) is 0 Å². The van der Waals surface area contributed by atoms with Gasteiger partial charge in [-0.3, -0.25) is 0 Å². The molecular weight excluding hydrogens is 435 g/mol. The highest BCUT2D eigenvalue weighted by atomic mass is 35.5. The highest BCUT2D eigenvalue weighted by Crippen LogP contribution is 2.61. The SMILES string of the molecule is Fc1ccc(Cl)c(-c2ccc(NC3CC4(C3)CN(CC35CC6CC(CC(C6)C3)C5)C4)nn2)c1. The smallest absolute Gasteiger partial charge is 0.148 e. The summed E-state index contributed by atoms with van der Waals surface area (Å²) in [5.74, 6) is 3.61. The molecule has 5 aliphatic carbocycles. The van der Waals surface area contributed by atoms with Crippen LogP contribution in [0.4, 0.5) is 10.2 Å². The second kappa shape index (κ2) is 7.39. The van der Waals surface area contributed by atoms with Crippen molar-refractivity contribution >= 4 is 17.4 Å². The molecule has 174 valence electrons. The van der Waals surface area contributed by atoms with Crippen molar-refractivity contribution in [3.05, 3.63) is 41.2 Å². The van der Waals surface area contributed by atoms with Gasteiger partial charge in [-0.05, 0) is 110 Å². The van der Waals surface area contributed by atoms with Crippen LogP contribution in [0.3, 0.4) is 0 Å². The van der Waals surface area contributed by atoms with Crippen LogP contribution in [0.15, 0.2) is 30.3 Å². The van der Waals surface area contributed by atoms with Gasteiger partial charge in [-0.2, -0.15) is 0 Å². The van der Waals surface area contributed by atoms with Crippen LogP contribution in [0.2, 0.25) is 5.02 Å². The van der Waals surface area contributed by atoms with E-state index in [1.807, 2.05) is 12.1 Å². The first-order valence-corrected chi connectivity index (χ1v) is 13.1. The first kappa shape index (κ1) is 20.6. The minimum absolute atomic E-state index is 0.323. The van der Waals surface area contributed by atoms with Gasteiger partial charge in [0.05, 0.1) is 10.7 Å². The van der Waals surface area contributed by atoms with Gasteiger partial charge in [-0.25, -0.2) is 4.39 Å². The zero-order valence-electron chi connectivity index (χ0n) is 19.1. The quantitative estimate of drug-likeness (QED) is 0.584. The third-order valence-corrected chi connectivity index (χ3v) is 9.75. The lowest BCUT2D eigenvalue weighted by molar-refractivity contribution is -0.124. The molecule has 6 heteroatoms. The van der Waals surface area contributed by atoms with E-state index in [2.05, 4.69) is 20.4 Å². The molecule has 1 aliphatic heterocycles. The number of halogens is 2. The number of nitrogens with zero attached hydrogens (tertiary/aromatic N) is 3. The third kappa shape index (κ3) is 3.67. The summed E-state index contributed by atoms with van der Waals surface area (Å²) in [6.45, 7) is 3.94. The van der Waals surface area contributed by atoms with E-state index in [0.29, 0.717) is 33.2 Å². The Bertz CT molecular complexity index is 1020. The highest BCUT2D eigenvalue weighted by Gasteiger charge is 2.56. The fourth-order valence-electron chi connectivity index (χ4n) is 8.77. The number of aromatic nitrogens is 2. The number of hydrogen-bond donors (Lipinski definition) is 1. The molecule has 1 spiro atoms. The molecule has 1 aromatic carbocycles. The maximum atomic E-state index is 13.6. The van der Waals surface area contributed by atoms with Gasteiger partial charge in [0, 0.05) is 31.2 Å². The molecule has 1 N–H and O–H groups in total. The van der Waals surface area contributed by atoms with E-state index in [9.17, 15) is 4.39 Å². The van der Waals surface area contributed by atoms with Crippen molar-refractivity contribution in [3.63, 3.8) is 0 Å². The Kier molecular flexibility index (Phi) is 4.62. The number of likely N-dealkylation sites (tertiary alicyclic amines) is 1. The molecule has 4 bridgehead atoms. The van der Waals surface area contributed by atoms with Gasteiger partial charge >= 0.3 is 0 Å². The van der Waals surface area contributed by atoms with Crippen molar-refractivity contribution in [1.29, 1.82) is 0 Å². The minimum Gasteiger partial charge on any atom is -0.366 e. The molecule has 5 saturated carbocycles. The fraction of sp³-hybridized carbons (Fsp3) is 0.630. The predicted molar refractivity (Wildman–Crippen MR) is 129 cm³/mol. The van der Waals surface area contributed by atoms with E-state index in [1.54, 1.807) is 6.07 Å². The lowest BCUT2D eigenvalue weighted by atomic mass is 9.49. The monoisotopic (exact) mass is 466 g/mol. The van der Waals surface area contributed by atoms with Gasteiger partial charge in [-0.1, -0.05) is 11.6 Å². The average Bonchev–Trinajstić information content (AvgIpc) is 2.72. The second-order valence-corrected chi connectivity index (χ2v) is 12.6. The van der Waals surface area contributed by atoms with Crippen LogP contribution in [0.1, 0.15) is 51.4 Å². The summed E-state index contributed by atoms with van der Waals surface area (Å²) in [4.78, 5) is 2.78. The first-order chi connectivity index (χ1) is 15.9. The van der Waals surface area contributed by atoms with Gasteiger partial charge in [0.25, 0.3) is 0 Å². The summed E-state index contributed by atoms with van der Waals surface area (Å²) in [5, 5.41) is 12.6. The minimum atomic E-state index is -0.323. The molecule has 2 aromatic rings. The second-order valence-electron chi connectivity index (χ2n) is 12.2. The fourth-order valence-corrected chi connectivity index (χ4v) is 8.99. The molecular formula is C27H32ClFN4. The van der Waals surface area contributed by atoms with Gasteiger partial charge in [0.2, 0.25) is 0 Å². The molecule has 0 atom stereocenters. The van der Waals surface area contributed by atoms with Crippen LogP contribution in [-0.2, 0) is 0 Å². The molecule has 33 heavy (non-hydrogen) atoms. The molecule has 2 heterocycles. The predicted octanol–water partition coefficient (Wildman–Crippen LogP) is 6.03. The van der Waals surface area contributed by atoms with Gasteiger partial charge in [0.1, 0.15) is 11.6 Å². The topological polar surface area (TPSA) is 41.0 Å². The molecule has 1 aromatic heterocycles. The molecule has 0 radical (unpaired) electrons. The Morgan fingerprint density at radius 1 is 0.939 bits per heavy atom. The van der Waals surface area contributed by atoms with Crippen molar-refractivity contribution in [2.45, 2.75) is 57.4 Å². The van der Waals surface area contributed by atoms with Crippen molar-refractivity contribution in [1.82, 2.24) is 15.1 Å². The molecule has 6 aliphatic rings. The molecule has 0 amide bonds. The van der Waals surface area contributed by atoms with E-state index >= 15 is 0 Å². The number of anilines is 1.